The Morgan fingerprint density at radius 2 is 1.62 bits per heavy atom. The van der Waals surface area contributed by atoms with Gasteiger partial charge in [-0.05, 0) is 43.0 Å². The van der Waals surface area contributed by atoms with Gasteiger partial charge in [-0.25, -0.2) is 0 Å². The molecular weight excluding hydrogens is 264 g/mol. The summed E-state index contributed by atoms with van der Waals surface area (Å²) in [4.78, 5) is 0. The van der Waals surface area contributed by atoms with Crippen LogP contribution < -0.4 is 9.47 Å². The Bertz CT molecular complexity index is 576. The highest BCUT2D eigenvalue weighted by atomic mass is 16.5. The lowest BCUT2D eigenvalue weighted by Crippen LogP contribution is -2.22. The average molecular weight is 286 g/mol. The van der Waals surface area contributed by atoms with Crippen LogP contribution in [0.3, 0.4) is 0 Å². The summed E-state index contributed by atoms with van der Waals surface area (Å²) in [6, 6.07) is 15.7. The van der Waals surface area contributed by atoms with Crippen molar-refractivity contribution in [2.75, 3.05) is 14.2 Å². The van der Waals surface area contributed by atoms with E-state index in [2.05, 4.69) is 12.1 Å². The topological polar surface area (TPSA) is 38.7 Å². The lowest BCUT2D eigenvalue weighted by molar-refractivity contribution is 0.0478. The summed E-state index contributed by atoms with van der Waals surface area (Å²) in [6.07, 6.45) is 1.47. The van der Waals surface area contributed by atoms with Gasteiger partial charge in [0.15, 0.2) is 11.5 Å². The molecule has 2 aromatic rings. The summed E-state index contributed by atoms with van der Waals surface area (Å²) in [7, 11) is 3.20. The largest absolute Gasteiger partial charge is 0.493 e. The van der Waals surface area contributed by atoms with Gasteiger partial charge in [0.1, 0.15) is 0 Å². The standard InChI is InChI=1S/C18H22O3/c1-18(19,12-11-14-7-5-4-6-8-14)15-9-10-16(20-2)17(13-15)21-3/h4-10,13,19H,11-12H2,1-3H3/t18-/m1/s1. The molecule has 0 spiro atoms. The second kappa shape index (κ2) is 6.64. The molecule has 0 bridgehead atoms. The molecule has 0 saturated carbocycles. The zero-order valence-corrected chi connectivity index (χ0v) is 12.8. The number of benzene rings is 2. The summed E-state index contributed by atoms with van der Waals surface area (Å²) < 4.78 is 10.5. The predicted molar refractivity (Wildman–Crippen MR) is 83.9 cm³/mol. The molecule has 0 fully saturated rings. The Morgan fingerprint density at radius 1 is 0.952 bits per heavy atom. The van der Waals surface area contributed by atoms with Crippen LogP contribution in [-0.2, 0) is 12.0 Å². The molecule has 0 aliphatic carbocycles. The SMILES string of the molecule is COc1ccc([C@](C)(O)CCc2ccccc2)cc1OC. The van der Waals surface area contributed by atoms with Crippen molar-refractivity contribution in [3.05, 3.63) is 59.7 Å². The predicted octanol–water partition coefficient (Wildman–Crippen LogP) is 3.54. The van der Waals surface area contributed by atoms with E-state index in [0.29, 0.717) is 17.9 Å². The first kappa shape index (κ1) is 15.4. The second-order valence-electron chi connectivity index (χ2n) is 5.33. The van der Waals surface area contributed by atoms with E-state index in [1.807, 2.05) is 43.3 Å². The number of ether oxygens (including phenoxy) is 2. The maximum atomic E-state index is 10.7. The van der Waals surface area contributed by atoms with E-state index < -0.39 is 5.60 Å². The van der Waals surface area contributed by atoms with E-state index >= 15 is 0 Å². The van der Waals surface area contributed by atoms with Crippen molar-refractivity contribution in [3.63, 3.8) is 0 Å². The van der Waals surface area contributed by atoms with E-state index in [4.69, 9.17) is 9.47 Å². The zero-order chi connectivity index (χ0) is 15.3. The third-order valence-corrected chi connectivity index (χ3v) is 3.75. The summed E-state index contributed by atoms with van der Waals surface area (Å²) in [5, 5.41) is 10.7. The van der Waals surface area contributed by atoms with Gasteiger partial charge < -0.3 is 14.6 Å². The van der Waals surface area contributed by atoms with Crippen LogP contribution in [0.15, 0.2) is 48.5 Å². The van der Waals surface area contributed by atoms with Crippen molar-refractivity contribution in [3.8, 4) is 11.5 Å². The van der Waals surface area contributed by atoms with Gasteiger partial charge in [0, 0.05) is 0 Å². The van der Waals surface area contributed by atoms with Gasteiger partial charge in [-0.1, -0.05) is 36.4 Å². The van der Waals surface area contributed by atoms with Crippen LogP contribution in [0.4, 0.5) is 0 Å². The van der Waals surface area contributed by atoms with Crippen LogP contribution in [0.2, 0.25) is 0 Å². The maximum Gasteiger partial charge on any atom is 0.161 e. The number of hydrogen-bond acceptors (Lipinski definition) is 3. The van der Waals surface area contributed by atoms with E-state index in [-0.39, 0.29) is 0 Å². The summed E-state index contributed by atoms with van der Waals surface area (Å²) >= 11 is 0. The van der Waals surface area contributed by atoms with Crippen LogP contribution in [0, 0.1) is 0 Å². The summed E-state index contributed by atoms with van der Waals surface area (Å²) in [5.41, 5.74) is 1.14. The van der Waals surface area contributed by atoms with Crippen LogP contribution in [0.25, 0.3) is 0 Å². The second-order valence-corrected chi connectivity index (χ2v) is 5.33. The summed E-state index contributed by atoms with van der Waals surface area (Å²) in [6.45, 7) is 1.83. The van der Waals surface area contributed by atoms with Crippen molar-refractivity contribution >= 4 is 0 Å². The number of aliphatic hydroxyl groups is 1. The molecule has 112 valence electrons. The highest BCUT2D eigenvalue weighted by Crippen LogP contribution is 2.34. The Kier molecular flexibility index (Phi) is 4.86. The third-order valence-electron chi connectivity index (χ3n) is 3.75. The van der Waals surface area contributed by atoms with Gasteiger partial charge in [-0.3, -0.25) is 0 Å². The first-order valence-corrected chi connectivity index (χ1v) is 7.05. The molecule has 0 amide bonds. The molecule has 0 radical (unpaired) electrons. The van der Waals surface area contributed by atoms with Crippen LogP contribution in [0.1, 0.15) is 24.5 Å². The average Bonchev–Trinajstić information content (AvgIpc) is 2.53. The molecule has 2 aromatic carbocycles. The molecule has 0 aliphatic rings. The molecule has 1 N–H and O–H groups in total. The fourth-order valence-corrected chi connectivity index (χ4v) is 2.35. The Morgan fingerprint density at radius 3 is 2.24 bits per heavy atom. The molecule has 2 rings (SSSR count). The third kappa shape index (κ3) is 3.76. The molecular formula is C18H22O3. The maximum absolute atomic E-state index is 10.7. The quantitative estimate of drug-likeness (QED) is 0.882. The molecule has 0 saturated heterocycles. The summed E-state index contributed by atoms with van der Waals surface area (Å²) in [5.74, 6) is 1.30. The van der Waals surface area contributed by atoms with E-state index in [1.54, 1.807) is 14.2 Å². The monoisotopic (exact) mass is 286 g/mol. The molecule has 0 aromatic heterocycles. The highest BCUT2D eigenvalue weighted by Gasteiger charge is 2.24. The van der Waals surface area contributed by atoms with E-state index in [9.17, 15) is 5.11 Å². The lowest BCUT2D eigenvalue weighted by atomic mass is 9.89. The van der Waals surface area contributed by atoms with Crippen molar-refractivity contribution in [1.29, 1.82) is 0 Å². The molecule has 0 unspecified atom stereocenters. The Labute approximate surface area is 126 Å². The molecule has 3 nitrogen and oxygen atoms in total. The van der Waals surface area contributed by atoms with Gasteiger partial charge in [0.2, 0.25) is 0 Å². The highest BCUT2D eigenvalue weighted by molar-refractivity contribution is 5.44. The van der Waals surface area contributed by atoms with Crippen LogP contribution in [0.5, 0.6) is 11.5 Å². The number of aryl methyl sites for hydroxylation is 1. The van der Waals surface area contributed by atoms with E-state index in [1.165, 1.54) is 5.56 Å². The number of methoxy groups -OCH3 is 2. The minimum atomic E-state index is -0.907. The first-order chi connectivity index (χ1) is 10.1. The first-order valence-electron chi connectivity index (χ1n) is 7.05. The van der Waals surface area contributed by atoms with Crippen LogP contribution in [-0.4, -0.2) is 19.3 Å². The van der Waals surface area contributed by atoms with Gasteiger partial charge >= 0.3 is 0 Å². The lowest BCUT2D eigenvalue weighted by Gasteiger charge is -2.25. The van der Waals surface area contributed by atoms with Crippen molar-refractivity contribution in [1.82, 2.24) is 0 Å². The Balaban J connectivity index is 2.15. The van der Waals surface area contributed by atoms with Gasteiger partial charge in [0.05, 0.1) is 19.8 Å². The minimum absolute atomic E-state index is 0.634. The zero-order valence-electron chi connectivity index (χ0n) is 12.8. The smallest absolute Gasteiger partial charge is 0.161 e. The fourth-order valence-electron chi connectivity index (χ4n) is 2.35. The normalized spacial score (nSPS) is 13.5. The van der Waals surface area contributed by atoms with Crippen molar-refractivity contribution in [2.24, 2.45) is 0 Å². The van der Waals surface area contributed by atoms with Crippen LogP contribution >= 0.6 is 0 Å². The van der Waals surface area contributed by atoms with Crippen molar-refractivity contribution in [2.45, 2.75) is 25.4 Å². The number of hydrogen-bond donors (Lipinski definition) is 1. The molecule has 0 aliphatic heterocycles. The molecule has 0 heterocycles. The molecule has 21 heavy (non-hydrogen) atoms. The van der Waals surface area contributed by atoms with Gasteiger partial charge in [0.25, 0.3) is 0 Å². The minimum Gasteiger partial charge on any atom is -0.493 e. The van der Waals surface area contributed by atoms with Gasteiger partial charge in [-0.2, -0.15) is 0 Å². The molecule has 3 heteroatoms. The van der Waals surface area contributed by atoms with Gasteiger partial charge in [-0.15, -0.1) is 0 Å². The van der Waals surface area contributed by atoms with Crippen molar-refractivity contribution < 1.29 is 14.6 Å². The fraction of sp³-hybridized carbons (Fsp3) is 0.333. The number of rotatable bonds is 6. The Hall–Kier alpha value is -2.00. The van der Waals surface area contributed by atoms with E-state index in [0.717, 1.165) is 12.0 Å². The molecule has 1 atom stereocenters.